The summed E-state index contributed by atoms with van der Waals surface area (Å²) in [6.45, 7) is 0. The van der Waals surface area contributed by atoms with Gasteiger partial charge in [0.2, 0.25) is 0 Å². The number of rotatable bonds is 19. The van der Waals surface area contributed by atoms with Crippen molar-refractivity contribution in [2.75, 3.05) is 15.1 Å². The van der Waals surface area contributed by atoms with E-state index in [0.29, 0.717) is 0 Å². The van der Waals surface area contributed by atoms with E-state index in [2.05, 4.69) is 434 Å². The maximum absolute atomic E-state index is 3.43. The largest absolute Gasteiger partial charge is 0.356 e. The van der Waals surface area contributed by atoms with Crippen LogP contribution in [0.4, 0.5) is 45.5 Å². The number of anilines is 8. The van der Waals surface area contributed by atoms with E-state index in [1.54, 1.807) is 0 Å². The maximum atomic E-state index is 3.43. The first kappa shape index (κ1) is 66.2. The molecule has 0 aliphatic rings. The summed E-state index contributed by atoms with van der Waals surface area (Å²) in [6, 6.07) is 155. The van der Waals surface area contributed by atoms with E-state index in [1.165, 1.54) is 89.0 Å². The molecule has 0 aliphatic carbocycles. The van der Waals surface area contributed by atoms with Crippen LogP contribution < -0.4 is 15.1 Å². The molecule has 16 rings (SSSR count). The van der Waals surface area contributed by atoms with Gasteiger partial charge in [-0.1, -0.05) is 340 Å². The smallest absolute Gasteiger partial charge is 0.0462 e. The fourth-order valence-electron chi connectivity index (χ4n) is 12.9. The van der Waals surface area contributed by atoms with Crippen molar-refractivity contribution in [2.45, 2.75) is 19.3 Å². The van der Waals surface area contributed by atoms with Crippen molar-refractivity contribution in [3.05, 3.63) is 470 Å². The molecule has 0 fully saturated rings. The van der Waals surface area contributed by atoms with Crippen LogP contribution in [0.5, 0.6) is 0 Å². The predicted molar refractivity (Wildman–Crippen MR) is 433 cm³/mol. The SMILES string of the molecule is c1ccc(Cc2ccc(-c3ccc(-c4ccc(N(c5ccccc5)c5ccccc5)cc4)cc3)cc2)cc1.c1ccc(Cc2ccc(-c3ccc(-c4ccc(Nc5ccccc5)cc4)cc3)cc2)cc1.c1ccc(Cc2ccc(-c3ccc(N(c4ccccc4)c4ccccc4)cc3)cc2)cc1. The van der Waals surface area contributed by atoms with Gasteiger partial charge < -0.3 is 15.1 Å². The van der Waals surface area contributed by atoms with Gasteiger partial charge in [-0.3, -0.25) is 0 Å². The number of nitrogens with one attached hydrogen (secondary N) is 1. The molecule has 0 saturated carbocycles. The van der Waals surface area contributed by atoms with Gasteiger partial charge in [0.05, 0.1) is 0 Å². The van der Waals surface area contributed by atoms with Crippen LogP contribution in [0.3, 0.4) is 0 Å². The molecule has 16 aromatic carbocycles. The second kappa shape index (κ2) is 33.4. The highest BCUT2D eigenvalue weighted by Gasteiger charge is 2.15. The van der Waals surface area contributed by atoms with E-state index >= 15 is 0 Å². The Labute approximate surface area is 601 Å². The van der Waals surface area contributed by atoms with E-state index in [1.807, 2.05) is 18.2 Å². The standard InChI is InChI=1S/C37H29N.2C31H25N/c1-4-10-29(11-5-1)28-30-16-18-31(19-17-30)32-20-22-33(23-21-32)34-24-26-37(27-25-34)38(35-12-6-2-7-13-35)36-14-8-3-9-15-36;1-4-10-25(11-5-1)24-26-16-18-27(19-17-26)28-20-22-31(23-21-28)32(29-12-6-2-7-13-29)30-14-8-3-9-15-30;1-3-7-24(8-4-1)23-25-11-13-26(14-12-25)27-15-17-28(18-16-27)29-19-21-31(22-20-29)32-30-9-5-2-6-10-30/h1-27H,28H2;1-23H,24H2;1-22,32H,23H2. The predicted octanol–water partition coefficient (Wildman–Crippen LogP) is 26.9. The van der Waals surface area contributed by atoms with E-state index < -0.39 is 0 Å². The Morgan fingerprint density at radius 1 is 0.137 bits per heavy atom. The zero-order valence-corrected chi connectivity index (χ0v) is 57.1. The van der Waals surface area contributed by atoms with E-state index in [4.69, 9.17) is 0 Å². The topological polar surface area (TPSA) is 18.5 Å². The molecule has 0 atom stereocenters. The maximum Gasteiger partial charge on any atom is 0.0462 e. The van der Waals surface area contributed by atoms with Gasteiger partial charge >= 0.3 is 0 Å². The van der Waals surface area contributed by atoms with E-state index in [0.717, 1.165) is 64.8 Å². The van der Waals surface area contributed by atoms with Crippen molar-refractivity contribution >= 4 is 45.5 Å². The quantitative estimate of drug-likeness (QED) is 0.0870. The molecule has 3 nitrogen and oxygen atoms in total. The van der Waals surface area contributed by atoms with Gasteiger partial charge in [-0.15, -0.1) is 0 Å². The number of nitrogens with zero attached hydrogens (tertiary/aromatic N) is 2. The Bertz CT molecular complexity index is 4940. The summed E-state index contributed by atoms with van der Waals surface area (Å²) in [6.07, 6.45) is 2.89. The fraction of sp³-hybridized carbons (Fsp3) is 0.0303. The lowest BCUT2D eigenvalue weighted by Gasteiger charge is -2.25. The lowest BCUT2D eigenvalue weighted by atomic mass is 9.98. The molecule has 490 valence electrons. The van der Waals surface area contributed by atoms with Crippen LogP contribution >= 0.6 is 0 Å². The summed E-state index contributed by atoms with van der Waals surface area (Å²) in [4.78, 5) is 4.57. The summed E-state index contributed by atoms with van der Waals surface area (Å²) in [7, 11) is 0. The monoisotopic (exact) mass is 1310 g/mol. The van der Waals surface area contributed by atoms with Crippen LogP contribution in [0.1, 0.15) is 33.4 Å². The molecule has 0 unspecified atom stereocenters. The molecule has 0 spiro atoms. The summed E-state index contributed by atoms with van der Waals surface area (Å²) in [5, 5.41) is 3.43. The van der Waals surface area contributed by atoms with Crippen molar-refractivity contribution in [3.8, 4) is 55.6 Å². The Morgan fingerprint density at radius 2 is 0.294 bits per heavy atom. The van der Waals surface area contributed by atoms with Gasteiger partial charge in [-0.2, -0.15) is 0 Å². The summed E-state index contributed by atoms with van der Waals surface area (Å²) in [5.41, 5.74) is 29.3. The zero-order chi connectivity index (χ0) is 68.8. The van der Waals surface area contributed by atoms with Crippen molar-refractivity contribution in [1.82, 2.24) is 0 Å². The minimum Gasteiger partial charge on any atom is -0.356 e. The van der Waals surface area contributed by atoms with Crippen molar-refractivity contribution < 1.29 is 0 Å². The Balaban J connectivity index is 0.000000130. The normalized spacial score (nSPS) is 10.7. The van der Waals surface area contributed by atoms with Crippen molar-refractivity contribution in [2.24, 2.45) is 0 Å². The molecule has 16 aromatic rings. The molecule has 0 heterocycles. The second-order valence-corrected chi connectivity index (χ2v) is 25.4. The highest BCUT2D eigenvalue weighted by molar-refractivity contribution is 5.81. The van der Waals surface area contributed by atoms with Gasteiger partial charge in [0.1, 0.15) is 0 Å². The molecule has 3 heteroatoms. The van der Waals surface area contributed by atoms with Gasteiger partial charge in [0, 0.05) is 45.5 Å². The van der Waals surface area contributed by atoms with Crippen LogP contribution in [0.15, 0.2) is 437 Å². The van der Waals surface area contributed by atoms with Gasteiger partial charge in [0.25, 0.3) is 0 Å². The summed E-state index contributed by atoms with van der Waals surface area (Å²) >= 11 is 0. The van der Waals surface area contributed by atoms with Gasteiger partial charge in [-0.25, -0.2) is 0 Å². The summed E-state index contributed by atoms with van der Waals surface area (Å²) in [5.74, 6) is 0. The highest BCUT2D eigenvalue weighted by Crippen LogP contribution is 2.38. The molecular formula is C99H79N3. The molecule has 0 amide bonds. The van der Waals surface area contributed by atoms with E-state index in [-0.39, 0.29) is 0 Å². The highest BCUT2D eigenvalue weighted by atomic mass is 15.1. The van der Waals surface area contributed by atoms with Crippen LogP contribution in [-0.2, 0) is 19.3 Å². The first-order valence-electron chi connectivity index (χ1n) is 35.1. The Kier molecular flexibility index (Phi) is 21.7. The molecule has 0 aromatic heterocycles. The lowest BCUT2D eigenvalue weighted by molar-refractivity contribution is 1.19. The number of para-hydroxylation sites is 5. The minimum atomic E-state index is 0.960. The third-order valence-corrected chi connectivity index (χ3v) is 18.3. The second-order valence-electron chi connectivity index (χ2n) is 25.4. The first-order valence-corrected chi connectivity index (χ1v) is 35.1. The molecule has 0 bridgehead atoms. The zero-order valence-electron chi connectivity index (χ0n) is 57.1. The van der Waals surface area contributed by atoms with Crippen LogP contribution in [0.25, 0.3) is 55.6 Å². The van der Waals surface area contributed by atoms with Crippen molar-refractivity contribution in [3.63, 3.8) is 0 Å². The third kappa shape index (κ3) is 17.6. The fourth-order valence-corrected chi connectivity index (χ4v) is 12.9. The van der Waals surface area contributed by atoms with Crippen LogP contribution in [0, 0.1) is 0 Å². The molecule has 1 N–H and O–H groups in total. The Morgan fingerprint density at radius 3 is 0.529 bits per heavy atom. The molecule has 0 radical (unpaired) electrons. The molecule has 0 saturated heterocycles. The Hall–Kier alpha value is -13.1. The first-order chi connectivity index (χ1) is 50.5. The molecular weight excluding hydrogens is 1230 g/mol. The van der Waals surface area contributed by atoms with Crippen molar-refractivity contribution in [1.29, 1.82) is 0 Å². The minimum absolute atomic E-state index is 0.960. The van der Waals surface area contributed by atoms with Gasteiger partial charge in [0.15, 0.2) is 0 Å². The van der Waals surface area contributed by atoms with Crippen LogP contribution in [-0.4, -0.2) is 0 Å². The van der Waals surface area contributed by atoms with Gasteiger partial charge in [-0.05, 0) is 205 Å². The molecule has 0 aliphatic heterocycles. The number of benzene rings is 16. The number of hydrogen-bond donors (Lipinski definition) is 1. The average molecular weight is 1310 g/mol. The third-order valence-electron chi connectivity index (χ3n) is 18.3. The average Bonchev–Trinajstić information content (AvgIpc) is 0.818. The van der Waals surface area contributed by atoms with Crippen LogP contribution in [0.2, 0.25) is 0 Å². The summed E-state index contributed by atoms with van der Waals surface area (Å²) < 4.78 is 0. The number of hydrogen-bond acceptors (Lipinski definition) is 3. The lowest BCUT2D eigenvalue weighted by Crippen LogP contribution is -2.09. The molecule has 102 heavy (non-hydrogen) atoms. The van der Waals surface area contributed by atoms with E-state index in [9.17, 15) is 0 Å².